The van der Waals surface area contributed by atoms with Crippen LogP contribution in [0.4, 0.5) is 17.6 Å². The number of ether oxygens (including phenoxy) is 1. The van der Waals surface area contributed by atoms with E-state index in [0.29, 0.717) is 87.9 Å². The Labute approximate surface area is 291 Å². The Kier molecular flexibility index (Phi) is 14.8. The van der Waals surface area contributed by atoms with Gasteiger partial charge in [0, 0.05) is 51.7 Å². The molecular weight excluding hydrogens is 660 g/mol. The summed E-state index contributed by atoms with van der Waals surface area (Å²) in [7, 11) is 0. The molecule has 2 unspecified atom stereocenters. The fourth-order valence-corrected chi connectivity index (χ4v) is 6.17. The van der Waals surface area contributed by atoms with Gasteiger partial charge in [-0.3, -0.25) is 28.5 Å². The molecule has 4 fully saturated rings. The molecule has 2 aliphatic heterocycles. The highest BCUT2D eigenvalue weighted by molar-refractivity contribution is 5.74. The van der Waals surface area contributed by atoms with Gasteiger partial charge in [0.05, 0.1) is 6.61 Å². The van der Waals surface area contributed by atoms with Crippen molar-refractivity contribution in [1.82, 2.24) is 18.9 Å². The Hall–Kier alpha value is -3.52. The number of nitrogens with zero attached hydrogens (tertiary/aromatic N) is 4. The maximum absolute atomic E-state index is 14.1. The predicted octanol–water partition coefficient (Wildman–Crippen LogP) is 4.97. The minimum Gasteiger partial charge on any atom is -0.480 e. The SMILES string of the molecule is C.C.CCOC(=O)C(CC1CC1)n1cc(CCN2CC(F)C2)cc(F)c1=O.O=C(O)C(CC1CC1)n1cc(CCN2CC(F)C2)cc(F)c1=O. The lowest BCUT2D eigenvalue weighted by atomic mass is 10.1. The zero-order valence-corrected chi connectivity index (χ0v) is 27.2. The van der Waals surface area contributed by atoms with Crippen LogP contribution in [0, 0.1) is 23.5 Å². The molecule has 2 aromatic rings. The normalized spacial score (nSPS) is 19.1. The van der Waals surface area contributed by atoms with E-state index in [4.69, 9.17) is 4.74 Å². The third-order valence-corrected chi connectivity index (χ3v) is 9.39. The number of alkyl halides is 2. The number of likely N-dealkylation sites (tertiary alicyclic amines) is 2. The highest BCUT2D eigenvalue weighted by Crippen LogP contribution is 2.37. The summed E-state index contributed by atoms with van der Waals surface area (Å²) in [4.78, 5) is 51.8. The van der Waals surface area contributed by atoms with Crippen molar-refractivity contribution in [1.29, 1.82) is 0 Å². The van der Waals surface area contributed by atoms with Crippen LogP contribution in [0.2, 0.25) is 0 Å². The van der Waals surface area contributed by atoms with Gasteiger partial charge in [0.15, 0.2) is 11.6 Å². The van der Waals surface area contributed by atoms with Crippen molar-refractivity contribution in [2.75, 3.05) is 45.9 Å². The minimum atomic E-state index is -1.11. The van der Waals surface area contributed by atoms with Crippen LogP contribution >= 0.6 is 0 Å². The lowest BCUT2D eigenvalue weighted by molar-refractivity contribution is -0.147. The van der Waals surface area contributed by atoms with Gasteiger partial charge in [0.1, 0.15) is 24.4 Å². The maximum atomic E-state index is 14.1. The van der Waals surface area contributed by atoms with Crippen LogP contribution in [0.15, 0.2) is 34.1 Å². The van der Waals surface area contributed by atoms with Gasteiger partial charge in [0.25, 0.3) is 11.1 Å². The van der Waals surface area contributed by atoms with E-state index in [2.05, 4.69) is 0 Å². The zero-order valence-electron chi connectivity index (χ0n) is 27.2. The van der Waals surface area contributed by atoms with Crippen molar-refractivity contribution in [3.05, 3.63) is 68.0 Å². The molecule has 0 spiro atoms. The number of pyridine rings is 2. The summed E-state index contributed by atoms with van der Waals surface area (Å²) < 4.78 is 61.0. The number of carboxylic acids is 1. The highest BCUT2D eigenvalue weighted by atomic mass is 19.1. The molecule has 6 rings (SSSR count). The second kappa shape index (κ2) is 18.1. The number of carboxylic acid groups (broad SMARTS) is 1. The number of carbonyl (C=O) groups excluding carboxylic acids is 1. The second-order valence-electron chi connectivity index (χ2n) is 13.5. The molecule has 2 aromatic heterocycles. The van der Waals surface area contributed by atoms with Gasteiger partial charge in [-0.15, -0.1) is 0 Å². The molecule has 4 heterocycles. The summed E-state index contributed by atoms with van der Waals surface area (Å²) >= 11 is 0. The fourth-order valence-electron chi connectivity index (χ4n) is 6.17. The summed E-state index contributed by atoms with van der Waals surface area (Å²) in [5.74, 6) is -2.71. The molecule has 10 nitrogen and oxygen atoms in total. The molecule has 2 aliphatic carbocycles. The lowest BCUT2D eigenvalue weighted by Gasteiger charge is -2.34. The summed E-state index contributed by atoms with van der Waals surface area (Å²) in [6, 6.07) is 0.559. The summed E-state index contributed by atoms with van der Waals surface area (Å²) in [5.41, 5.74) is -0.499. The van der Waals surface area contributed by atoms with Gasteiger partial charge in [-0.1, -0.05) is 40.5 Å². The van der Waals surface area contributed by atoms with E-state index < -0.39 is 59.1 Å². The van der Waals surface area contributed by atoms with Crippen LogP contribution in [-0.4, -0.2) is 94.2 Å². The maximum Gasteiger partial charge on any atom is 0.329 e. The predicted molar refractivity (Wildman–Crippen MR) is 182 cm³/mol. The topological polar surface area (TPSA) is 114 Å². The Balaban J connectivity index is 0.000000261. The van der Waals surface area contributed by atoms with Gasteiger partial charge < -0.3 is 9.84 Å². The fraction of sp³-hybridized carbons (Fsp3) is 0.667. The lowest BCUT2D eigenvalue weighted by Crippen LogP contribution is -2.49. The van der Waals surface area contributed by atoms with Gasteiger partial charge in [-0.05, 0) is 67.7 Å². The average Bonchev–Trinajstić information content (AvgIpc) is 3.94. The standard InChI is InChI=1S/C18H24F2N2O3.C16H20F2N2O3.2CH4/c1-2-25-18(24)16(8-12-3-4-12)22-9-13(7-15(20)17(22)23)5-6-21-10-14(19)11-21;17-12-8-19(9-12)4-3-11-5-13(18)15(21)20(7-11)14(16(22)23)6-10-1-2-10;;/h7,9,12,14,16H,2-6,8,10-11H2,1H3;5,7,10,12,14H,1-4,6,8-9H2,(H,22,23);2*1H4. The second-order valence-corrected chi connectivity index (χ2v) is 13.5. The van der Waals surface area contributed by atoms with Crippen LogP contribution < -0.4 is 11.1 Å². The molecular formula is C36H52F4N4O6. The first-order valence-electron chi connectivity index (χ1n) is 16.8. The molecule has 4 aliphatic rings. The highest BCUT2D eigenvalue weighted by Gasteiger charge is 2.34. The average molecular weight is 713 g/mol. The molecule has 1 N–H and O–H groups in total. The van der Waals surface area contributed by atoms with Crippen molar-refractivity contribution in [2.45, 2.75) is 97.6 Å². The van der Waals surface area contributed by atoms with E-state index in [0.717, 1.165) is 36.3 Å². The van der Waals surface area contributed by atoms with Crippen LogP contribution in [0.5, 0.6) is 0 Å². The van der Waals surface area contributed by atoms with E-state index in [9.17, 15) is 41.8 Å². The Morgan fingerprint density at radius 2 is 1.18 bits per heavy atom. The van der Waals surface area contributed by atoms with Crippen molar-refractivity contribution in [2.24, 2.45) is 11.8 Å². The summed E-state index contributed by atoms with van der Waals surface area (Å²) in [5, 5.41) is 9.37. The molecule has 0 radical (unpaired) electrons. The first kappa shape index (κ1) is 40.9. The van der Waals surface area contributed by atoms with Gasteiger partial charge in [-0.25, -0.2) is 27.2 Å². The van der Waals surface area contributed by atoms with Crippen LogP contribution in [0.3, 0.4) is 0 Å². The number of esters is 1. The smallest absolute Gasteiger partial charge is 0.329 e. The van der Waals surface area contributed by atoms with E-state index >= 15 is 0 Å². The monoisotopic (exact) mass is 712 g/mol. The molecule has 0 bridgehead atoms. The molecule has 2 saturated heterocycles. The van der Waals surface area contributed by atoms with Gasteiger partial charge >= 0.3 is 11.9 Å². The molecule has 0 aromatic carbocycles. The zero-order chi connectivity index (χ0) is 34.5. The first-order chi connectivity index (χ1) is 22.9. The number of hydrogen-bond donors (Lipinski definition) is 1. The van der Waals surface area contributed by atoms with E-state index in [1.54, 1.807) is 13.1 Å². The number of hydrogen-bond acceptors (Lipinski definition) is 7. The molecule has 50 heavy (non-hydrogen) atoms. The summed E-state index contributed by atoms with van der Waals surface area (Å²) in [6.45, 7) is 4.64. The third-order valence-electron chi connectivity index (χ3n) is 9.39. The number of rotatable bonds is 15. The Morgan fingerprint density at radius 3 is 1.54 bits per heavy atom. The van der Waals surface area contributed by atoms with Crippen molar-refractivity contribution in [3.63, 3.8) is 0 Å². The Morgan fingerprint density at radius 1 is 0.780 bits per heavy atom. The molecule has 0 amide bonds. The van der Waals surface area contributed by atoms with E-state index in [-0.39, 0.29) is 21.5 Å². The van der Waals surface area contributed by atoms with E-state index in [1.165, 1.54) is 16.8 Å². The van der Waals surface area contributed by atoms with Gasteiger partial charge in [0.2, 0.25) is 0 Å². The number of carbonyl (C=O) groups is 2. The van der Waals surface area contributed by atoms with Gasteiger partial charge in [-0.2, -0.15) is 0 Å². The molecule has 14 heteroatoms. The molecule has 2 atom stereocenters. The Bertz CT molecular complexity index is 1560. The van der Waals surface area contributed by atoms with Crippen LogP contribution in [0.25, 0.3) is 0 Å². The quantitative estimate of drug-likeness (QED) is 0.204. The van der Waals surface area contributed by atoms with Crippen molar-refractivity contribution in [3.8, 4) is 0 Å². The van der Waals surface area contributed by atoms with Crippen LogP contribution in [0.1, 0.15) is 83.5 Å². The largest absolute Gasteiger partial charge is 0.480 e. The number of halogens is 4. The third kappa shape index (κ3) is 11.0. The number of aromatic nitrogens is 2. The first-order valence-corrected chi connectivity index (χ1v) is 16.8. The molecule has 2 saturated carbocycles. The van der Waals surface area contributed by atoms with Crippen molar-refractivity contribution >= 4 is 11.9 Å². The molecule has 280 valence electrons. The number of aliphatic carboxylic acids is 1. The van der Waals surface area contributed by atoms with E-state index in [1.807, 2.05) is 9.80 Å². The van der Waals surface area contributed by atoms with Crippen molar-refractivity contribution < 1.29 is 37.0 Å². The summed E-state index contributed by atoms with van der Waals surface area (Å²) in [6.07, 6.45) is 7.20. The van der Waals surface area contributed by atoms with Crippen LogP contribution in [-0.2, 0) is 27.2 Å². The minimum absolute atomic E-state index is 0.